The lowest BCUT2D eigenvalue weighted by atomic mass is 10.2. The standard InChI is InChI=1S/C21H24FN5O/c1-5-26-15(3)18(12-23-26)8-11-20(28)24-21-14(2)25-27(16(21)4)13-17-6-9-19(22)10-7-17/h6-12H,5,13H2,1-4H3,(H,24,28)/b11-8+. The SMILES string of the molecule is CCn1ncc(/C=C/C(=O)Nc2c(C)nn(Cc3ccc(F)cc3)c2C)c1C. The van der Waals surface area contributed by atoms with Crippen LogP contribution < -0.4 is 5.32 Å². The first-order chi connectivity index (χ1) is 13.4. The van der Waals surface area contributed by atoms with Crippen LogP contribution in [0.15, 0.2) is 36.5 Å². The molecule has 0 saturated heterocycles. The van der Waals surface area contributed by atoms with Crippen LogP contribution in [0.2, 0.25) is 0 Å². The smallest absolute Gasteiger partial charge is 0.248 e. The summed E-state index contributed by atoms with van der Waals surface area (Å²) in [7, 11) is 0. The van der Waals surface area contributed by atoms with Gasteiger partial charge in [0, 0.05) is 23.9 Å². The minimum absolute atomic E-state index is 0.226. The molecule has 146 valence electrons. The van der Waals surface area contributed by atoms with Crippen molar-refractivity contribution in [3.8, 4) is 0 Å². The van der Waals surface area contributed by atoms with Crippen molar-refractivity contribution in [2.45, 2.75) is 40.8 Å². The first-order valence-electron chi connectivity index (χ1n) is 9.19. The summed E-state index contributed by atoms with van der Waals surface area (Å²) in [6.07, 6.45) is 5.01. The van der Waals surface area contributed by atoms with Gasteiger partial charge in [0.2, 0.25) is 5.91 Å². The van der Waals surface area contributed by atoms with Crippen molar-refractivity contribution >= 4 is 17.7 Å². The molecular formula is C21H24FN5O. The lowest BCUT2D eigenvalue weighted by Crippen LogP contribution is -2.10. The number of hydrogen-bond acceptors (Lipinski definition) is 3. The Bertz CT molecular complexity index is 1010. The van der Waals surface area contributed by atoms with Gasteiger partial charge in [-0.2, -0.15) is 10.2 Å². The Hall–Kier alpha value is -3.22. The van der Waals surface area contributed by atoms with Crippen LogP contribution in [-0.4, -0.2) is 25.5 Å². The van der Waals surface area contributed by atoms with Crippen LogP contribution in [-0.2, 0) is 17.9 Å². The number of halogens is 1. The number of aromatic nitrogens is 4. The number of benzene rings is 1. The molecule has 3 aromatic rings. The Labute approximate surface area is 163 Å². The van der Waals surface area contributed by atoms with E-state index in [1.165, 1.54) is 18.2 Å². The Kier molecular flexibility index (Phi) is 5.73. The summed E-state index contributed by atoms with van der Waals surface area (Å²) in [5.41, 5.74) is 5.14. The molecule has 0 unspecified atom stereocenters. The fraction of sp³-hybridized carbons (Fsp3) is 0.286. The summed E-state index contributed by atoms with van der Waals surface area (Å²) in [6.45, 7) is 9.05. The van der Waals surface area contributed by atoms with Gasteiger partial charge in [0.25, 0.3) is 0 Å². The molecule has 28 heavy (non-hydrogen) atoms. The number of aryl methyl sites for hydroxylation is 2. The zero-order valence-electron chi connectivity index (χ0n) is 16.5. The molecule has 0 aliphatic rings. The van der Waals surface area contributed by atoms with Crippen molar-refractivity contribution in [2.24, 2.45) is 0 Å². The zero-order valence-corrected chi connectivity index (χ0v) is 16.5. The van der Waals surface area contributed by atoms with Gasteiger partial charge in [-0.3, -0.25) is 14.2 Å². The van der Waals surface area contributed by atoms with E-state index in [2.05, 4.69) is 15.5 Å². The summed E-state index contributed by atoms with van der Waals surface area (Å²) in [5.74, 6) is -0.493. The van der Waals surface area contributed by atoms with E-state index >= 15 is 0 Å². The van der Waals surface area contributed by atoms with Crippen LogP contribution in [0, 0.1) is 26.6 Å². The highest BCUT2D eigenvalue weighted by Crippen LogP contribution is 2.21. The minimum atomic E-state index is -0.267. The van der Waals surface area contributed by atoms with Gasteiger partial charge in [0.15, 0.2) is 0 Å². The van der Waals surface area contributed by atoms with E-state index in [0.717, 1.165) is 34.8 Å². The second-order valence-electron chi connectivity index (χ2n) is 6.65. The molecular weight excluding hydrogens is 357 g/mol. The van der Waals surface area contributed by atoms with Gasteiger partial charge in [0.05, 0.1) is 29.8 Å². The van der Waals surface area contributed by atoms with E-state index in [4.69, 9.17) is 0 Å². The maximum atomic E-state index is 13.1. The van der Waals surface area contributed by atoms with Crippen molar-refractivity contribution in [1.29, 1.82) is 0 Å². The van der Waals surface area contributed by atoms with Crippen LogP contribution in [0.25, 0.3) is 6.08 Å². The lowest BCUT2D eigenvalue weighted by molar-refractivity contribution is -0.111. The van der Waals surface area contributed by atoms with Crippen molar-refractivity contribution in [3.63, 3.8) is 0 Å². The second kappa shape index (κ2) is 8.21. The molecule has 2 heterocycles. The molecule has 0 bridgehead atoms. The van der Waals surface area contributed by atoms with Gasteiger partial charge >= 0.3 is 0 Å². The van der Waals surface area contributed by atoms with E-state index in [1.54, 1.807) is 29.1 Å². The fourth-order valence-electron chi connectivity index (χ4n) is 3.07. The largest absolute Gasteiger partial charge is 0.319 e. The van der Waals surface area contributed by atoms with Gasteiger partial charge in [0.1, 0.15) is 5.82 Å². The number of carbonyl (C=O) groups is 1. The average molecular weight is 381 g/mol. The molecule has 0 aliphatic heterocycles. The number of carbonyl (C=O) groups excluding carboxylic acids is 1. The summed E-state index contributed by atoms with van der Waals surface area (Å²) < 4.78 is 16.8. The third-order valence-corrected chi connectivity index (χ3v) is 4.73. The average Bonchev–Trinajstić information content (AvgIpc) is 3.16. The van der Waals surface area contributed by atoms with Crippen molar-refractivity contribution < 1.29 is 9.18 Å². The maximum Gasteiger partial charge on any atom is 0.248 e. The summed E-state index contributed by atoms with van der Waals surface area (Å²) >= 11 is 0. The first-order valence-corrected chi connectivity index (χ1v) is 9.19. The molecule has 1 amide bonds. The minimum Gasteiger partial charge on any atom is -0.319 e. The van der Waals surface area contributed by atoms with E-state index < -0.39 is 0 Å². The monoisotopic (exact) mass is 381 g/mol. The maximum absolute atomic E-state index is 13.1. The van der Waals surface area contributed by atoms with Gasteiger partial charge in [-0.05, 0) is 51.5 Å². The van der Waals surface area contributed by atoms with E-state index in [0.29, 0.717) is 12.2 Å². The molecule has 1 N–H and O–H groups in total. The molecule has 0 radical (unpaired) electrons. The van der Waals surface area contributed by atoms with E-state index in [1.807, 2.05) is 32.4 Å². The van der Waals surface area contributed by atoms with Crippen LogP contribution in [0.1, 0.15) is 35.1 Å². The summed E-state index contributed by atoms with van der Waals surface area (Å²) in [5, 5.41) is 11.7. The Balaban J connectivity index is 1.72. The third-order valence-electron chi connectivity index (χ3n) is 4.73. The number of amides is 1. The van der Waals surface area contributed by atoms with Gasteiger partial charge < -0.3 is 5.32 Å². The Morgan fingerprint density at radius 3 is 2.50 bits per heavy atom. The highest BCUT2D eigenvalue weighted by atomic mass is 19.1. The van der Waals surface area contributed by atoms with Gasteiger partial charge in [-0.25, -0.2) is 4.39 Å². The second-order valence-corrected chi connectivity index (χ2v) is 6.65. The van der Waals surface area contributed by atoms with Crippen molar-refractivity contribution in [1.82, 2.24) is 19.6 Å². The number of nitrogens with zero attached hydrogens (tertiary/aromatic N) is 4. The molecule has 0 aliphatic carbocycles. The number of nitrogens with one attached hydrogen (secondary N) is 1. The fourth-order valence-corrected chi connectivity index (χ4v) is 3.07. The summed E-state index contributed by atoms with van der Waals surface area (Å²) in [4.78, 5) is 12.4. The van der Waals surface area contributed by atoms with E-state index in [-0.39, 0.29) is 11.7 Å². The molecule has 0 saturated carbocycles. The molecule has 2 aromatic heterocycles. The number of hydrogen-bond donors (Lipinski definition) is 1. The zero-order chi connectivity index (χ0) is 20.3. The number of rotatable bonds is 6. The van der Waals surface area contributed by atoms with Gasteiger partial charge in [-0.15, -0.1) is 0 Å². The van der Waals surface area contributed by atoms with Crippen LogP contribution >= 0.6 is 0 Å². The quantitative estimate of drug-likeness (QED) is 0.660. The Morgan fingerprint density at radius 1 is 1.14 bits per heavy atom. The third kappa shape index (κ3) is 4.19. The van der Waals surface area contributed by atoms with Crippen molar-refractivity contribution in [2.75, 3.05) is 5.32 Å². The van der Waals surface area contributed by atoms with E-state index in [9.17, 15) is 9.18 Å². The molecule has 1 aromatic carbocycles. The summed E-state index contributed by atoms with van der Waals surface area (Å²) in [6, 6.07) is 6.31. The molecule has 0 spiro atoms. The Morgan fingerprint density at radius 2 is 1.86 bits per heavy atom. The van der Waals surface area contributed by atoms with Crippen LogP contribution in [0.4, 0.5) is 10.1 Å². The predicted molar refractivity (Wildman–Crippen MR) is 108 cm³/mol. The molecule has 0 fully saturated rings. The van der Waals surface area contributed by atoms with Gasteiger partial charge in [-0.1, -0.05) is 12.1 Å². The molecule has 0 atom stereocenters. The van der Waals surface area contributed by atoms with Crippen molar-refractivity contribution in [3.05, 3.63) is 70.6 Å². The van der Waals surface area contributed by atoms with Crippen LogP contribution in [0.5, 0.6) is 0 Å². The predicted octanol–water partition coefficient (Wildman–Crippen LogP) is 3.86. The molecule has 7 heteroatoms. The van der Waals surface area contributed by atoms with Crippen LogP contribution in [0.3, 0.4) is 0 Å². The highest BCUT2D eigenvalue weighted by molar-refractivity contribution is 6.02. The topological polar surface area (TPSA) is 64.7 Å². The molecule has 3 rings (SSSR count). The lowest BCUT2D eigenvalue weighted by Gasteiger charge is -2.06. The first kappa shape index (κ1) is 19.5. The molecule has 6 nitrogen and oxygen atoms in total. The number of anilines is 1. The normalized spacial score (nSPS) is 11.3. The highest BCUT2D eigenvalue weighted by Gasteiger charge is 2.13.